The molecule has 0 unspecified atom stereocenters. The van der Waals surface area contributed by atoms with Crippen molar-refractivity contribution in [3.63, 3.8) is 0 Å². The van der Waals surface area contributed by atoms with E-state index in [1.807, 2.05) is 32.2 Å². The monoisotopic (exact) mass is 205 g/mol. The summed E-state index contributed by atoms with van der Waals surface area (Å²) in [7, 11) is 0. The number of hydrogen-bond acceptors (Lipinski definition) is 2. The van der Waals surface area contributed by atoms with Crippen LogP contribution in [0.2, 0.25) is 0 Å². The van der Waals surface area contributed by atoms with Crippen LogP contribution in [-0.4, -0.2) is 15.0 Å². The predicted octanol–water partition coefficient (Wildman–Crippen LogP) is 2.75. The second kappa shape index (κ2) is 3.38. The minimum Gasteiger partial charge on any atom is -0.360 e. The highest BCUT2D eigenvalue weighted by Gasteiger charge is 2.04. The van der Waals surface area contributed by atoms with Crippen LogP contribution in [0.25, 0.3) is 11.4 Å². The lowest BCUT2D eigenvalue weighted by Crippen LogP contribution is -1.96. The van der Waals surface area contributed by atoms with Crippen molar-refractivity contribution in [1.29, 1.82) is 0 Å². The third-order valence-electron chi connectivity index (χ3n) is 2.19. The van der Waals surface area contributed by atoms with Crippen molar-refractivity contribution in [1.82, 2.24) is 15.0 Å². The third-order valence-corrected chi connectivity index (χ3v) is 2.49. The molecule has 14 heavy (non-hydrogen) atoms. The van der Waals surface area contributed by atoms with Crippen LogP contribution < -0.4 is 0 Å². The van der Waals surface area contributed by atoms with E-state index in [9.17, 15) is 0 Å². The summed E-state index contributed by atoms with van der Waals surface area (Å²) in [6, 6.07) is 3.89. The first kappa shape index (κ1) is 9.15. The van der Waals surface area contributed by atoms with E-state index in [0.717, 1.165) is 22.8 Å². The summed E-state index contributed by atoms with van der Waals surface area (Å²) >= 11 is 5.21. The Balaban J connectivity index is 2.66. The summed E-state index contributed by atoms with van der Waals surface area (Å²) in [6.45, 7) is 3.93. The molecule has 0 aliphatic heterocycles. The van der Waals surface area contributed by atoms with Gasteiger partial charge in [-0.15, -0.1) is 0 Å². The van der Waals surface area contributed by atoms with Gasteiger partial charge in [0, 0.05) is 11.9 Å². The molecule has 0 saturated carbocycles. The first-order valence-electron chi connectivity index (χ1n) is 4.40. The molecule has 0 fully saturated rings. The molecule has 0 atom stereocenters. The van der Waals surface area contributed by atoms with E-state index in [0.29, 0.717) is 4.64 Å². The zero-order chi connectivity index (χ0) is 10.1. The van der Waals surface area contributed by atoms with Gasteiger partial charge in [0.05, 0.1) is 11.4 Å². The zero-order valence-corrected chi connectivity index (χ0v) is 8.90. The molecule has 0 radical (unpaired) electrons. The van der Waals surface area contributed by atoms with Crippen LogP contribution in [0, 0.1) is 18.5 Å². The highest BCUT2D eigenvalue weighted by Crippen LogP contribution is 2.16. The van der Waals surface area contributed by atoms with E-state index in [1.54, 1.807) is 0 Å². The topological polar surface area (TPSA) is 44.5 Å². The lowest BCUT2D eigenvalue weighted by atomic mass is 10.3. The second-order valence-corrected chi connectivity index (χ2v) is 3.62. The molecule has 3 nitrogen and oxygen atoms in total. The Morgan fingerprint density at radius 1 is 1.36 bits per heavy atom. The summed E-state index contributed by atoms with van der Waals surface area (Å²) in [6.07, 6.45) is 1.86. The van der Waals surface area contributed by atoms with Crippen molar-refractivity contribution in [3.8, 4) is 11.4 Å². The fourth-order valence-electron chi connectivity index (χ4n) is 1.28. The van der Waals surface area contributed by atoms with Gasteiger partial charge in [-0.05, 0) is 26.0 Å². The summed E-state index contributed by atoms with van der Waals surface area (Å²) in [5.41, 5.74) is 3.76. The molecular weight excluding hydrogens is 194 g/mol. The Labute approximate surface area is 87.2 Å². The fraction of sp³-hybridized carbons (Fsp3) is 0.200. The molecular formula is C10H11N3S. The normalized spacial score (nSPS) is 10.4. The van der Waals surface area contributed by atoms with Crippen LogP contribution in [0.3, 0.4) is 0 Å². The molecule has 2 heterocycles. The molecule has 0 aliphatic rings. The van der Waals surface area contributed by atoms with E-state index < -0.39 is 0 Å². The molecule has 72 valence electrons. The molecule has 4 heteroatoms. The van der Waals surface area contributed by atoms with E-state index in [2.05, 4.69) is 15.0 Å². The number of hydrogen-bond donors (Lipinski definition) is 2. The van der Waals surface area contributed by atoms with Crippen LogP contribution >= 0.6 is 12.2 Å². The van der Waals surface area contributed by atoms with Crippen molar-refractivity contribution in [3.05, 3.63) is 34.4 Å². The summed E-state index contributed by atoms with van der Waals surface area (Å²) < 4.78 is 0.676. The molecule has 0 amide bonds. The Bertz CT molecular complexity index is 497. The number of rotatable bonds is 1. The SMILES string of the molecule is Cc1nc(-c2ccc[nH]2)c(=S)[nH]c1C. The maximum atomic E-state index is 5.21. The Morgan fingerprint density at radius 3 is 2.79 bits per heavy atom. The van der Waals surface area contributed by atoms with Gasteiger partial charge in [0.25, 0.3) is 0 Å². The lowest BCUT2D eigenvalue weighted by Gasteiger charge is -2.03. The van der Waals surface area contributed by atoms with Crippen LogP contribution in [-0.2, 0) is 0 Å². The van der Waals surface area contributed by atoms with Gasteiger partial charge in [-0.2, -0.15) is 0 Å². The van der Waals surface area contributed by atoms with Crippen LogP contribution in [0.5, 0.6) is 0 Å². The van der Waals surface area contributed by atoms with Crippen LogP contribution in [0.15, 0.2) is 18.3 Å². The standard InChI is InChI=1S/C10H11N3S/c1-6-7(2)13-10(14)9(12-6)8-4-3-5-11-8/h3-5,11H,1-2H3,(H,13,14). The number of nitrogens with zero attached hydrogens (tertiary/aromatic N) is 1. The van der Waals surface area contributed by atoms with E-state index >= 15 is 0 Å². The van der Waals surface area contributed by atoms with Crippen LogP contribution in [0.4, 0.5) is 0 Å². The molecule has 0 spiro atoms. The van der Waals surface area contributed by atoms with Crippen molar-refractivity contribution >= 4 is 12.2 Å². The molecule has 2 N–H and O–H groups in total. The zero-order valence-electron chi connectivity index (χ0n) is 8.09. The molecule has 2 rings (SSSR count). The lowest BCUT2D eigenvalue weighted by molar-refractivity contribution is 1.03. The smallest absolute Gasteiger partial charge is 0.131 e. The minimum absolute atomic E-state index is 0.676. The van der Waals surface area contributed by atoms with Crippen molar-refractivity contribution < 1.29 is 0 Å². The van der Waals surface area contributed by atoms with Gasteiger partial charge in [0.15, 0.2) is 0 Å². The largest absolute Gasteiger partial charge is 0.360 e. The van der Waals surface area contributed by atoms with E-state index in [-0.39, 0.29) is 0 Å². The van der Waals surface area contributed by atoms with Gasteiger partial charge < -0.3 is 9.97 Å². The van der Waals surface area contributed by atoms with Gasteiger partial charge in [0.1, 0.15) is 10.3 Å². The van der Waals surface area contributed by atoms with Crippen molar-refractivity contribution in [2.45, 2.75) is 13.8 Å². The first-order chi connectivity index (χ1) is 6.68. The maximum absolute atomic E-state index is 5.21. The predicted molar refractivity (Wildman–Crippen MR) is 58.7 cm³/mol. The number of aromatic nitrogens is 3. The molecule has 0 aliphatic carbocycles. The molecule has 0 aromatic carbocycles. The first-order valence-corrected chi connectivity index (χ1v) is 4.80. The van der Waals surface area contributed by atoms with E-state index in [1.165, 1.54) is 0 Å². The number of aryl methyl sites for hydroxylation is 2. The van der Waals surface area contributed by atoms with Gasteiger partial charge in [-0.3, -0.25) is 0 Å². The van der Waals surface area contributed by atoms with Crippen molar-refractivity contribution in [2.24, 2.45) is 0 Å². The van der Waals surface area contributed by atoms with E-state index in [4.69, 9.17) is 12.2 Å². The molecule has 0 bridgehead atoms. The van der Waals surface area contributed by atoms with Crippen LogP contribution in [0.1, 0.15) is 11.4 Å². The minimum atomic E-state index is 0.676. The number of H-pyrrole nitrogens is 2. The molecule has 0 saturated heterocycles. The quantitative estimate of drug-likeness (QED) is 0.703. The number of nitrogens with one attached hydrogen (secondary N) is 2. The molecule has 2 aromatic heterocycles. The van der Waals surface area contributed by atoms with Gasteiger partial charge >= 0.3 is 0 Å². The van der Waals surface area contributed by atoms with Gasteiger partial charge in [0.2, 0.25) is 0 Å². The maximum Gasteiger partial charge on any atom is 0.131 e. The average molecular weight is 205 g/mol. The summed E-state index contributed by atoms with van der Waals surface area (Å²) in [5.74, 6) is 0. The summed E-state index contributed by atoms with van der Waals surface area (Å²) in [5, 5.41) is 0. The van der Waals surface area contributed by atoms with Gasteiger partial charge in [-0.1, -0.05) is 12.2 Å². The highest BCUT2D eigenvalue weighted by atomic mass is 32.1. The third kappa shape index (κ3) is 1.48. The number of aromatic amines is 2. The van der Waals surface area contributed by atoms with Gasteiger partial charge in [-0.25, -0.2) is 4.98 Å². The van der Waals surface area contributed by atoms with Crippen molar-refractivity contribution in [2.75, 3.05) is 0 Å². The Hall–Kier alpha value is -1.42. The summed E-state index contributed by atoms with van der Waals surface area (Å²) in [4.78, 5) is 10.7. The Kier molecular flexibility index (Phi) is 2.21. The second-order valence-electron chi connectivity index (χ2n) is 3.21. The fourth-order valence-corrected chi connectivity index (χ4v) is 1.59. The highest BCUT2D eigenvalue weighted by molar-refractivity contribution is 7.71. The molecule has 2 aromatic rings. The Morgan fingerprint density at radius 2 is 2.14 bits per heavy atom. The average Bonchev–Trinajstić information content (AvgIpc) is 2.64.